The Morgan fingerprint density at radius 2 is 2.19 bits per heavy atom. The van der Waals surface area contributed by atoms with E-state index >= 15 is 0 Å². The lowest BCUT2D eigenvalue weighted by molar-refractivity contribution is -0.147. The Hall–Kier alpha value is -0.660. The maximum Gasteiger partial charge on any atom is 0.401 e. The molecule has 0 aliphatic heterocycles. The Morgan fingerprint density at radius 1 is 1.50 bits per heavy atom. The maximum atomic E-state index is 12.2. The molecule has 0 bridgehead atoms. The third kappa shape index (κ3) is 4.91. The number of aryl methyl sites for hydroxylation is 1. The van der Waals surface area contributed by atoms with Gasteiger partial charge in [-0.2, -0.15) is 13.2 Å². The van der Waals surface area contributed by atoms with Gasteiger partial charge in [0.15, 0.2) is 0 Å². The fraction of sp³-hybridized carbons (Fsp3) is 0.667. The number of alkyl halides is 3. The van der Waals surface area contributed by atoms with Crippen LogP contribution in [-0.4, -0.2) is 40.9 Å². The van der Waals surface area contributed by atoms with Crippen LogP contribution in [0.2, 0.25) is 0 Å². The second-order valence-corrected chi connectivity index (χ2v) is 4.71. The minimum absolute atomic E-state index is 0.0104. The van der Waals surface area contributed by atoms with E-state index in [9.17, 15) is 13.2 Å². The average Bonchev–Trinajstić information content (AvgIpc) is 2.48. The molecule has 0 aromatic carbocycles. The lowest BCUT2D eigenvalue weighted by Gasteiger charge is -2.21. The Labute approximate surface area is 95.5 Å². The summed E-state index contributed by atoms with van der Waals surface area (Å²) in [5.41, 5.74) is 0. The van der Waals surface area contributed by atoms with Crippen LogP contribution in [0.25, 0.3) is 0 Å². The highest BCUT2D eigenvalue weighted by molar-refractivity contribution is 7.11. The molecule has 0 spiro atoms. The minimum atomic E-state index is -4.24. The fourth-order valence-electron chi connectivity index (χ4n) is 1.31. The molecule has 0 aliphatic carbocycles. The molecule has 1 N–H and O–H groups in total. The van der Waals surface area contributed by atoms with Gasteiger partial charge in [-0.05, 0) is 6.92 Å². The van der Waals surface area contributed by atoms with Crippen molar-refractivity contribution in [1.29, 1.82) is 0 Å². The third-order valence-electron chi connectivity index (χ3n) is 1.87. The van der Waals surface area contributed by atoms with Gasteiger partial charge >= 0.3 is 6.18 Å². The molecule has 0 amide bonds. The molecule has 16 heavy (non-hydrogen) atoms. The van der Waals surface area contributed by atoms with Crippen LogP contribution >= 0.6 is 11.3 Å². The van der Waals surface area contributed by atoms with Crippen molar-refractivity contribution in [1.82, 2.24) is 9.88 Å². The van der Waals surface area contributed by atoms with Crippen LogP contribution in [-0.2, 0) is 6.54 Å². The monoisotopic (exact) mass is 254 g/mol. The van der Waals surface area contributed by atoms with Crippen molar-refractivity contribution in [3.63, 3.8) is 0 Å². The highest BCUT2D eigenvalue weighted by Crippen LogP contribution is 2.19. The van der Waals surface area contributed by atoms with E-state index in [1.54, 1.807) is 13.1 Å². The van der Waals surface area contributed by atoms with Crippen molar-refractivity contribution in [3.8, 4) is 0 Å². The Kier molecular flexibility index (Phi) is 4.69. The summed E-state index contributed by atoms with van der Waals surface area (Å²) in [6.07, 6.45) is -2.67. The van der Waals surface area contributed by atoms with Crippen LogP contribution in [0.4, 0.5) is 13.2 Å². The van der Waals surface area contributed by atoms with E-state index in [0.717, 1.165) is 14.8 Å². The molecule has 0 atom stereocenters. The molecule has 7 heteroatoms. The lowest BCUT2D eigenvalue weighted by atomic mass is 10.4. The standard InChI is InChI=1S/C9H13F3N2OS/c1-7-13-4-8(16-7)5-14(2-3-15)6-9(10,11)12/h4,15H,2-3,5-6H2,1H3. The molecule has 3 nitrogen and oxygen atoms in total. The second-order valence-electron chi connectivity index (χ2n) is 3.40. The first-order valence-corrected chi connectivity index (χ1v) is 5.53. The van der Waals surface area contributed by atoms with Gasteiger partial charge in [-0.25, -0.2) is 4.98 Å². The molecule has 0 radical (unpaired) electrons. The smallest absolute Gasteiger partial charge is 0.395 e. The Balaban J connectivity index is 2.57. The summed E-state index contributed by atoms with van der Waals surface area (Å²) in [4.78, 5) is 5.91. The van der Waals surface area contributed by atoms with Gasteiger partial charge in [-0.1, -0.05) is 0 Å². The maximum absolute atomic E-state index is 12.2. The van der Waals surface area contributed by atoms with E-state index in [-0.39, 0.29) is 19.7 Å². The van der Waals surface area contributed by atoms with Crippen LogP contribution in [0, 0.1) is 6.92 Å². The molecule has 0 aliphatic rings. The highest BCUT2D eigenvalue weighted by Gasteiger charge is 2.30. The zero-order valence-electron chi connectivity index (χ0n) is 8.79. The van der Waals surface area contributed by atoms with E-state index in [1.807, 2.05) is 0 Å². The van der Waals surface area contributed by atoms with Crippen molar-refractivity contribution in [3.05, 3.63) is 16.1 Å². The Morgan fingerprint density at radius 3 is 2.62 bits per heavy atom. The van der Waals surface area contributed by atoms with Crippen molar-refractivity contribution in [2.45, 2.75) is 19.6 Å². The molecule has 0 fully saturated rings. The van der Waals surface area contributed by atoms with Gasteiger partial charge in [0.2, 0.25) is 0 Å². The van der Waals surface area contributed by atoms with Gasteiger partial charge in [0.25, 0.3) is 0 Å². The molecule has 1 aromatic heterocycles. The summed E-state index contributed by atoms with van der Waals surface area (Å²) in [6.45, 7) is 0.689. The van der Waals surface area contributed by atoms with E-state index in [0.29, 0.717) is 0 Å². The molecule has 1 heterocycles. The lowest BCUT2D eigenvalue weighted by Crippen LogP contribution is -2.35. The highest BCUT2D eigenvalue weighted by atomic mass is 32.1. The number of hydrogen-bond donors (Lipinski definition) is 1. The molecule has 1 aromatic rings. The predicted octanol–water partition coefficient (Wildman–Crippen LogP) is 1.81. The van der Waals surface area contributed by atoms with E-state index < -0.39 is 12.7 Å². The van der Waals surface area contributed by atoms with Gasteiger partial charge in [-0.3, -0.25) is 4.90 Å². The molecule has 0 saturated heterocycles. The number of aliphatic hydroxyl groups excluding tert-OH is 1. The topological polar surface area (TPSA) is 36.4 Å². The van der Waals surface area contributed by atoms with Crippen LogP contribution in [0.5, 0.6) is 0 Å². The van der Waals surface area contributed by atoms with Gasteiger partial charge in [0, 0.05) is 24.2 Å². The number of aromatic nitrogens is 1. The molecule has 92 valence electrons. The van der Waals surface area contributed by atoms with Crippen molar-refractivity contribution in [2.24, 2.45) is 0 Å². The SMILES string of the molecule is Cc1ncc(CN(CCO)CC(F)(F)F)s1. The van der Waals surface area contributed by atoms with Gasteiger partial charge in [0.1, 0.15) is 0 Å². The number of halogens is 3. The Bertz CT molecular complexity index is 327. The summed E-state index contributed by atoms with van der Waals surface area (Å²) in [5, 5.41) is 9.52. The number of hydrogen-bond acceptors (Lipinski definition) is 4. The second kappa shape index (κ2) is 5.60. The summed E-state index contributed by atoms with van der Waals surface area (Å²) in [5.74, 6) is 0. The van der Waals surface area contributed by atoms with Crippen LogP contribution in [0.3, 0.4) is 0 Å². The first-order chi connectivity index (χ1) is 7.40. The van der Waals surface area contributed by atoms with Gasteiger partial charge < -0.3 is 5.11 Å². The average molecular weight is 254 g/mol. The molecule has 0 unspecified atom stereocenters. The molecule has 1 rings (SSSR count). The summed E-state index contributed by atoms with van der Waals surface area (Å²) < 4.78 is 36.6. The van der Waals surface area contributed by atoms with Crippen LogP contribution in [0.1, 0.15) is 9.88 Å². The summed E-state index contributed by atoms with van der Waals surface area (Å²) in [7, 11) is 0. The molecule has 0 saturated carbocycles. The van der Waals surface area contributed by atoms with Gasteiger partial charge in [-0.15, -0.1) is 11.3 Å². The number of nitrogens with zero attached hydrogens (tertiary/aromatic N) is 2. The number of rotatable bonds is 5. The van der Waals surface area contributed by atoms with Crippen molar-refractivity contribution < 1.29 is 18.3 Å². The van der Waals surface area contributed by atoms with E-state index in [4.69, 9.17) is 5.11 Å². The largest absolute Gasteiger partial charge is 0.401 e. The zero-order chi connectivity index (χ0) is 12.2. The van der Waals surface area contributed by atoms with Gasteiger partial charge in [0.05, 0.1) is 18.2 Å². The number of aliphatic hydroxyl groups is 1. The summed E-state index contributed by atoms with van der Waals surface area (Å²) in [6, 6.07) is 0. The third-order valence-corrected chi connectivity index (χ3v) is 2.77. The first-order valence-electron chi connectivity index (χ1n) is 4.72. The van der Waals surface area contributed by atoms with E-state index in [1.165, 1.54) is 11.3 Å². The normalized spacial score (nSPS) is 12.4. The predicted molar refractivity (Wildman–Crippen MR) is 55.3 cm³/mol. The van der Waals surface area contributed by atoms with Crippen LogP contribution < -0.4 is 0 Å². The molecular formula is C9H13F3N2OS. The molecular weight excluding hydrogens is 241 g/mol. The zero-order valence-corrected chi connectivity index (χ0v) is 9.61. The van der Waals surface area contributed by atoms with Crippen molar-refractivity contribution in [2.75, 3.05) is 19.7 Å². The summed E-state index contributed by atoms with van der Waals surface area (Å²) >= 11 is 1.37. The minimum Gasteiger partial charge on any atom is -0.395 e. The number of thiazole rings is 1. The van der Waals surface area contributed by atoms with Crippen LogP contribution in [0.15, 0.2) is 6.20 Å². The first kappa shape index (κ1) is 13.4. The van der Waals surface area contributed by atoms with E-state index in [2.05, 4.69) is 4.98 Å². The quantitative estimate of drug-likeness (QED) is 0.870. The van der Waals surface area contributed by atoms with Crippen molar-refractivity contribution >= 4 is 11.3 Å². The fourth-order valence-corrected chi connectivity index (χ4v) is 2.15.